The van der Waals surface area contributed by atoms with Gasteiger partial charge in [0.15, 0.2) is 11.5 Å². The maximum Gasteiger partial charge on any atom is 0.267 e. The Morgan fingerprint density at radius 2 is 1.78 bits per heavy atom. The molecular formula is C22H31N3O6S. The molecule has 0 radical (unpaired) electrons. The number of morpholine rings is 1. The Bertz CT molecular complexity index is 1030. The number of carbonyl (C=O) groups excluding carboxylic acids is 1. The van der Waals surface area contributed by atoms with Crippen molar-refractivity contribution < 1.29 is 27.4 Å². The standard InChI is InChI=1S/C22H31N3O6S/c1-4-30-20-7-6-17(14-21(20)31-5-2)8-9-23-22(26)19-15-18(16-24(19)3)32(27,28)25-10-12-29-13-11-25/h6-7,14-16H,4-5,8-13H2,1-3H3,(H,23,26). The summed E-state index contributed by atoms with van der Waals surface area (Å²) in [7, 11) is -1.99. The van der Waals surface area contributed by atoms with Crippen LogP contribution < -0.4 is 14.8 Å². The topological polar surface area (TPSA) is 99.1 Å². The summed E-state index contributed by atoms with van der Waals surface area (Å²) in [5.41, 5.74) is 1.29. The van der Waals surface area contributed by atoms with Gasteiger partial charge in [-0.25, -0.2) is 8.42 Å². The average molecular weight is 466 g/mol. The number of aryl methyl sites for hydroxylation is 1. The monoisotopic (exact) mass is 465 g/mol. The number of rotatable bonds is 10. The first kappa shape index (κ1) is 24.1. The smallest absolute Gasteiger partial charge is 0.267 e. The highest BCUT2D eigenvalue weighted by Crippen LogP contribution is 2.28. The molecule has 32 heavy (non-hydrogen) atoms. The number of nitrogens with one attached hydrogen (secondary N) is 1. The zero-order valence-corrected chi connectivity index (χ0v) is 19.6. The van der Waals surface area contributed by atoms with Crippen molar-refractivity contribution in [3.63, 3.8) is 0 Å². The minimum Gasteiger partial charge on any atom is -0.490 e. The van der Waals surface area contributed by atoms with Crippen LogP contribution in [0, 0.1) is 0 Å². The van der Waals surface area contributed by atoms with Crippen LogP contribution in [-0.4, -0.2) is 69.3 Å². The number of sulfonamides is 1. The number of benzene rings is 1. The Hall–Kier alpha value is -2.56. The summed E-state index contributed by atoms with van der Waals surface area (Å²) in [5, 5.41) is 2.86. The van der Waals surface area contributed by atoms with E-state index in [-0.39, 0.29) is 10.8 Å². The fourth-order valence-electron chi connectivity index (χ4n) is 3.50. The van der Waals surface area contributed by atoms with Crippen LogP contribution in [0.1, 0.15) is 29.9 Å². The first-order chi connectivity index (χ1) is 15.4. The van der Waals surface area contributed by atoms with Crippen molar-refractivity contribution in [3.05, 3.63) is 41.7 Å². The van der Waals surface area contributed by atoms with Gasteiger partial charge in [0, 0.05) is 32.9 Å². The van der Waals surface area contributed by atoms with Gasteiger partial charge >= 0.3 is 0 Å². The molecule has 2 aromatic rings. The molecule has 0 unspecified atom stereocenters. The van der Waals surface area contributed by atoms with E-state index in [1.54, 1.807) is 7.05 Å². The second kappa shape index (κ2) is 10.8. The molecule has 1 amide bonds. The number of amides is 1. The highest BCUT2D eigenvalue weighted by Gasteiger charge is 2.28. The van der Waals surface area contributed by atoms with E-state index in [0.29, 0.717) is 69.7 Å². The predicted molar refractivity (Wildman–Crippen MR) is 120 cm³/mol. The SMILES string of the molecule is CCOc1ccc(CCNC(=O)c2cc(S(=O)(=O)N3CCOCC3)cn2C)cc1OCC. The van der Waals surface area contributed by atoms with E-state index >= 15 is 0 Å². The number of hydrogen-bond donors (Lipinski definition) is 1. The number of hydrogen-bond acceptors (Lipinski definition) is 6. The molecule has 9 nitrogen and oxygen atoms in total. The van der Waals surface area contributed by atoms with E-state index < -0.39 is 10.0 Å². The van der Waals surface area contributed by atoms with E-state index in [9.17, 15) is 13.2 Å². The lowest BCUT2D eigenvalue weighted by Gasteiger charge is -2.25. The minimum atomic E-state index is -3.65. The first-order valence-electron chi connectivity index (χ1n) is 10.8. The zero-order valence-electron chi connectivity index (χ0n) is 18.8. The van der Waals surface area contributed by atoms with Crippen LogP contribution in [0.5, 0.6) is 11.5 Å². The molecule has 1 saturated heterocycles. The molecule has 0 aliphatic carbocycles. The van der Waals surface area contributed by atoms with Crippen molar-refractivity contribution in [2.75, 3.05) is 46.1 Å². The second-order valence-electron chi connectivity index (χ2n) is 7.34. The molecule has 2 heterocycles. The summed E-state index contributed by atoms with van der Waals surface area (Å²) >= 11 is 0. The third kappa shape index (κ3) is 5.62. The lowest BCUT2D eigenvalue weighted by Crippen LogP contribution is -2.40. The van der Waals surface area contributed by atoms with Crippen LogP contribution in [-0.2, 0) is 28.2 Å². The van der Waals surface area contributed by atoms with Gasteiger partial charge in [-0.3, -0.25) is 4.79 Å². The molecule has 0 bridgehead atoms. The molecule has 0 atom stereocenters. The van der Waals surface area contributed by atoms with Crippen LogP contribution >= 0.6 is 0 Å². The summed E-state index contributed by atoms with van der Waals surface area (Å²) in [5.74, 6) is 1.05. The van der Waals surface area contributed by atoms with Crippen LogP contribution in [0.2, 0.25) is 0 Å². The molecule has 0 saturated carbocycles. The highest BCUT2D eigenvalue weighted by atomic mass is 32.2. The third-order valence-electron chi connectivity index (χ3n) is 5.13. The Morgan fingerprint density at radius 1 is 1.09 bits per heavy atom. The summed E-state index contributed by atoms with van der Waals surface area (Å²) < 4.78 is 45.0. The number of aromatic nitrogens is 1. The lowest BCUT2D eigenvalue weighted by atomic mass is 10.1. The fourth-order valence-corrected chi connectivity index (χ4v) is 4.98. The number of carbonyl (C=O) groups is 1. The normalized spacial score (nSPS) is 14.8. The molecule has 1 fully saturated rings. The molecular weight excluding hydrogens is 434 g/mol. The first-order valence-corrected chi connectivity index (χ1v) is 12.2. The van der Waals surface area contributed by atoms with Crippen molar-refractivity contribution in [1.82, 2.24) is 14.2 Å². The lowest BCUT2D eigenvalue weighted by molar-refractivity contribution is 0.0730. The predicted octanol–water partition coefficient (Wildman–Crippen LogP) is 1.82. The van der Waals surface area contributed by atoms with Gasteiger partial charge in [-0.15, -0.1) is 0 Å². The molecule has 0 spiro atoms. The Morgan fingerprint density at radius 3 is 2.47 bits per heavy atom. The molecule has 176 valence electrons. The summed E-state index contributed by atoms with van der Waals surface area (Å²) in [4.78, 5) is 12.8. The van der Waals surface area contributed by atoms with Gasteiger partial charge in [0.1, 0.15) is 10.6 Å². The second-order valence-corrected chi connectivity index (χ2v) is 9.28. The van der Waals surface area contributed by atoms with Crippen molar-refractivity contribution in [2.24, 2.45) is 7.05 Å². The van der Waals surface area contributed by atoms with Gasteiger partial charge in [-0.2, -0.15) is 4.31 Å². The molecule has 10 heteroatoms. The van der Waals surface area contributed by atoms with Gasteiger partial charge in [-0.05, 0) is 44.0 Å². The summed E-state index contributed by atoms with van der Waals surface area (Å²) in [6, 6.07) is 7.14. The van der Waals surface area contributed by atoms with Crippen molar-refractivity contribution in [3.8, 4) is 11.5 Å². The minimum absolute atomic E-state index is 0.111. The van der Waals surface area contributed by atoms with Crippen molar-refractivity contribution >= 4 is 15.9 Å². The van der Waals surface area contributed by atoms with Gasteiger partial charge in [0.05, 0.1) is 26.4 Å². The van der Waals surface area contributed by atoms with Crippen molar-refractivity contribution in [1.29, 1.82) is 0 Å². The molecule has 1 aromatic carbocycles. The van der Waals surface area contributed by atoms with Crippen LogP contribution in [0.3, 0.4) is 0 Å². The van der Waals surface area contributed by atoms with E-state index in [2.05, 4.69) is 5.32 Å². The fraction of sp³-hybridized carbons (Fsp3) is 0.500. The number of ether oxygens (including phenoxy) is 3. The van der Waals surface area contributed by atoms with Crippen molar-refractivity contribution in [2.45, 2.75) is 25.2 Å². The largest absolute Gasteiger partial charge is 0.490 e. The van der Waals surface area contributed by atoms with E-state index in [0.717, 1.165) is 5.56 Å². The van der Waals surface area contributed by atoms with Gasteiger partial charge in [0.2, 0.25) is 10.0 Å². The van der Waals surface area contributed by atoms with Crippen LogP contribution in [0.25, 0.3) is 0 Å². The number of nitrogens with zero attached hydrogens (tertiary/aromatic N) is 2. The third-order valence-corrected chi connectivity index (χ3v) is 6.99. The molecule has 3 rings (SSSR count). The molecule has 1 aliphatic heterocycles. The van der Waals surface area contributed by atoms with Crippen LogP contribution in [0.15, 0.2) is 35.4 Å². The summed E-state index contributed by atoms with van der Waals surface area (Å²) in [6.45, 7) is 6.67. The van der Waals surface area contributed by atoms with E-state index in [4.69, 9.17) is 14.2 Å². The van der Waals surface area contributed by atoms with Gasteiger partial charge < -0.3 is 24.1 Å². The maximum absolute atomic E-state index is 12.8. The summed E-state index contributed by atoms with van der Waals surface area (Å²) in [6.07, 6.45) is 2.07. The molecule has 1 N–H and O–H groups in total. The molecule has 1 aromatic heterocycles. The Kier molecular flexibility index (Phi) is 8.16. The zero-order chi connectivity index (χ0) is 23.1. The van der Waals surface area contributed by atoms with E-state index in [1.807, 2.05) is 32.0 Å². The Balaban J connectivity index is 1.63. The maximum atomic E-state index is 12.8. The van der Waals surface area contributed by atoms with Crippen LogP contribution in [0.4, 0.5) is 0 Å². The van der Waals surface area contributed by atoms with E-state index in [1.165, 1.54) is 21.1 Å². The highest BCUT2D eigenvalue weighted by molar-refractivity contribution is 7.89. The average Bonchev–Trinajstić information content (AvgIpc) is 3.19. The van der Waals surface area contributed by atoms with Gasteiger partial charge in [-0.1, -0.05) is 6.07 Å². The molecule has 1 aliphatic rings. The van der Waals surface area contributed by atoms with Gasteiger partial charge in [0.25, 0.3) is 5.91 Å². The quantitative estimate of drug-likeness (QED) is 0.575. The Labute approximate surface area is 189 Å².